The molecule has 40 heavy (non-hydrogen) atoms. The summed E-state index contributed by atoms with van der Waals surface area (Å²) in [4.78, 5) is 35.7. The minimum absolute atomic E-state index is 0.0353. The van der Waals surface area contributed by atoms with E-state index >= 15 is 0 Å². The number of Topliss-reactive ketones (excluding diaryl/α,β-unsaturated/α-hetero) is 1. The maximum absolute atomic E-state index is 13.5. The zero-order chi connectivity index (χ0) is 28.1. The number of para-hydroxylation sites is 1. The molecule has 0 aliphatic rings. The number of sulfonamides is 1. The van der Waals surface area contributed by atoms with Crippen LogP contribution in [0.25, 0.3) is 10.8 Å². The van der Waals surface area contributed by atoms with Crippen molar-refractivity contribution < 1.29 is 18.0 Å². The lowest BCUT2D eigenvalue weighted by molar-refractivity contribution is -0.117. The van der Waals surface area contributed by atoms with Crippen molar-refractivity contribution in [3.63, 3.8) is 0 Å². The van der Waals surface area contributed by atoms with Crippen LogP contribution in [0.2, 0.25) is 0 Å². The zero-order valence-electron chi connectivity index (χ0n) is 21.7. The minimum atomic E-state index is -3.83. The molecule has 8 nitrogen and oxygen atoms in total. The Morgan fingerprint density at radius 3 is 2.08 bits per heavy atom. The third-order valence-electron chi connectivity index (χ3n) is 6.51. The second-order valence-corrected chi connectivity index (χ2v) is 11.1. The maximum Gasteiger partial charge on any atom is 0.264 e. The minimum Gasteiger partial charge on any atom is -0.308 e. The van der Waals surface area contributed by atoms with Crippen molar-refractivity contribution in [2.75, 3.05) is 16.3 Å². The lowest BCUT2D eigenvalue weighted by Crippen LogP contribution is -2.32. The highest BCUT2D eigenvalue weighted by Crippen LogP contribution is 2.26. The van der Waals surface area contributed by atoms with E-state index in [0.29, 0.717) is 11.4 Å². The van der Waals surface area contributed by atoms with E-state index < -0.39 is 28.1 Å². The maximum atomic E-state index is 13.5. The van der Waals surface area contributed by atoms with E-state index in [0.717, 1.165) is 16.3 Å². The second kappa shape index (κ2) is 11.5. The summed E-state index contributed by atoms with van der Waals surface area (Å²) in [5.74, 6) is -0.993. The first-order chi connectivity index (χ1) is 19.3. The molecule has 1 aromatic heterocycles. The number of hydrogen-bond acceptors (Lipinski definition) is 6. The standard InChI is InChI=1S/C31H26N4O4S/c1-34(26-10-3-2-4-11-26)40(38,39)28-16-14-27(15-17-28)35(30(37)21-29(36)31-32-18-7-19-33-31)22-23-12-13-24-8-5-6-9-25(24)20-23/h2-20H,21-22H2,1H3. The molecule has 0 unspecified atom stereocenters. The largest absolute Gasteiger partial charge is 0.308 e. The summed E-state index contributed by atoms with van der Waals surface area (Å²) in [5.41, 5.74) is 1.85. The van der Waals surface area contributed by atoms with Gasteiger partial charge in [0.1, 0.15) is 0 Å². The summed E-state index contributed by atoms with van der Waals surface area (Å²) in [6.07, 6.45) is 2.46. The Morgan fingerprint density at radius 2 is 1.38 bits per heavy atom. The fourth-order valence-corrected chi connectivity index (χ4v) is 5.53. The Hall–Kier alpha value is -4.89. The Labute approximate surface area is 232 Å². The summed E-state index contributed by atoms with van der Waals surface area (Å²) in [6, 6.07) is 30.2. The molecule has 0 fully saturated rings. The number of anilines is 2. The van der Waals surface area contributed by atoms with Gasteiger partial charge in [-0.2, -0.15) is 0 Å². The number of benzene rings is 4. The summed E-state index contributed by atoms with van der Waals surface area (Å²) in [6.45, 7) is 0.183. The molecular formula is C31H26N4O4S. The summed E-state index contributed by atoms with van der Waals surface area (Å²) in [5, 5.41) is 2.09. The molecule has 5 rings (SSSR count). The predicted octanol–water partition coefficient (Wildman–Crippen LogP) is 5.26. The molecule has 0 saturated carbocycles. The highest BCUT2D eigenvalue weighted by Gasteiger charge is 2.24. The molecule has 0 bridgehead atoms. The number of hydrogen-bond donors (Lipinski definition) is 0. The van der Waals surface area contributed by atoms with Gasteiger partial charge in [-0.3, -0.25) is 13.9 Å². The SMILES string of the molecule is CN(c1ccccc1)S(=O)(=O)c1ccc(N(Cc2ccc3ccccc3c2)C(=O)CC(=O)c2ncccn2)cc1. The Balaban J connectivity index is 1.45. The topological polar surface area (TPSA) is 101 Å². The molecule has 200 valence electrons. The van der Waals surface area contributed by atoms with Gasteiger partial charge in [0, 0.05) is 25.1 Å². The first-order valence-corrected chi connectivity index (χ1v) is 14.0. The average Bonchev–Trinajstić information content (AvgIpc) is 3.00. The molecule has 5 aromatic rings. The van der Waals surface area contributed by atoms with E-state index in [-0.39, 0.29) is 17.3 Å². The second-order valence-electron chi connectivity index (χ2n) is 9.14. The monoisotopic (exact) mass is 550 g/mol. The van der Waals surface area contributed by atoms with E-state index in [1.165, 1.54) is 40.8 Å². The Bertz CT molecular complexity index is 1760. The molecule has 0 saturated heterocycles. The van der Waals surface area contributed by atoms with Crippen molar-refractivity contribution in [1.29, 1.82) is 0 Å². The molecule has 0 aliphatic carbocycles. The van der Waals surface area contributed by atoms with Gasteiger partial charge in [-0.1, -0.05) is 54.6 Å². The van der Waals surface area contributed by atoms with Crippen LogP contribution < -0.4 is 9.21 Å². The third kappa shape index (κ3) is 5.74. The highest BCUT2D eigenvalue weighted by atomic mass is 32.2. The van der Waals surface area contributed by atoms with Gasteiger partial charge in [-0.05, 0) is 64.9 Å². The molecule has 0 atom stereocenters. The Morgan fingerprint density at radius 1 is 0.725 bits per heavy atom. The Kier molecular flexibility index (Phi) is 7.65. The quantitative estimate of drug-likeness (QED) is 0.183. The number of fused-ring (bicyclic) bond motifs is 1. The van der Waals surface area contributed by atoms with Crippen LogP contribution in [0.1, 0.15) is 22.6 Å². The average molecular weight is 551 g/mol. The number of carbonyl (C=O) groups excluding carboxylic acids is 2. The van der Waals surface area contributed by atoms with E-state index in [9.17, 15) is 18.0 Å². The first kappa shape index (κ1) is 26.7. The van der Waals surface area contributed by atoms with Crippen LogP contribution in [0.4, 0.5) is 11.4 Å². The summed E-state index contributed by atoms with van der Waals surface area (Å²) in [7, 11) is -2.34. The van der Waals surface area contributed by atoms with E-state index in [1.807, 2.05) is 48.5 Å². The number of carbonyl (C=O) groups is 2. The van der Waals surface area contributed by atoms with Gasteiger partial charge in [-0.25, -0.2) is 18.4 Å². The molecule has 4 aromatic carbocycles. The van der Waals surface area contributed by atoms with E-state index in [4.69, 9.17) is 0 Å². The first-order valence-electron chi connectivity index (χ1n) is 12.6. The van der Waals surface area contributed by atoms with Crippen LogP contribution in [-0.4, -0.2) is 37.1 Å². The van der Waals surface area contributed by atoms with Crippen LogP contribution in [0.15, 0.2) is 120 Å². The van der Waals surface area contributed by atoms with Gasteiger partial charge in [0.25, 0.3) is 10.0 Å². The zero-order valence-corrected chi connectivity index (χ0v) is 22.5. The van der Waals surface area contributed by atoms with Crippen molar-refractivity contribution in [1.82, 2.24) is 9.97 Å². The molecular weight excluding hydrogens is 524 g/mol. The fourth-order valence-electron chi connectivity index (χ4n) is 4.33. The van der Waals surface area contributed by atoms with Crippen LogP contribution in [-0.2, 0) is 21.4 Å². The molecule has 0 N–H and O–H groups in total. The van der Waals surface area contributed by atoms with Crippen LogP contribution in [0.5, 0.6) is 0 Å². The van der Waals surface area contributed by atoms with Crippen LogP contribution >= 0.6 is 0 Å². The van der Waals surface area contributed by atoms with E-state index in [2.05, 4.69) is 9.97 Å². The highest BCUT2D eigenvalue weighted by molar-refractivity contribution is 7.92. The van der Waals surface area contributed by atoms with Crippen molar-refractivity contribution in [3.05, 3.63) is 127 Å². The lowest BCUT2D eigenvalue weighted by Gasteiger charge is -2.24. The van der Waals surface area contributed by atoms with E-state index in [1.54, 1.807) is 42.5 Å². The smallest absolute Gasteiger partial charge is 0.264 e. The van der Waals surface area contributed by atoms with Gasteiger partial charge in [0.2, 0.25) is 11.7 Å². The summed E-state index contributed by atoms with van der Waals surface area (Å²) < 4.78 is 27.7. The number of rotatable bonds is 9. The van der Waals surface area contributed by atoms with Gasteiger partial charge in [-0.15, -0.1) is 0 Å². The van der Waals surface area contributed by atoms with Gasteiger partial charge in [0.05, 0.1) is 23.5 Å². The number of ketones is 1. The normalized spacial score (nSPS) is 11.2. The fraction of sp³-hybridized carbons (Fsp3) is 0.0968. The third-order valence-corrected chi connectivity index (χ3v) is 8.31. The molecule has 1 amide bonds. The molecule has 0 aliphatic heterocycles. The van der Waals surface area contributed by atoms with Gasteiger partial charge >= 0.3 is 0 Å². The number of aromatic nitrogens is 2. The molecule has 0 radical (unpaired) electrons. The van der Waals surface area contributed by atoms with Gasteiger partial charge < -0.3 is 4.90 Å². The van der Waals surface area contributed by atoms with Crippen LogP contribution in [0, 0.1) is 0 Å². The van der Waals surface area contributed by atoms with Crippen molar-refractivity contribution >= 4 is 43.9 Å². The predicted molar refractivity (Wildman–Crippen MR) is 155 cm³/mol. The van der Waals surface area contributed by atoms with Crippen molar-refractivity contribution in [2.45, 2.75) is 17.9 Å². The van der Waals surface area contributed by atoms with Crippen molar-refractivity contribution in [3.8, 4) is 0 Å². The van der Waals surface area contributed by atoms with Crippen LogP contribution in [0.3, 0.4) is 0 Å². The summed E-state index contributed by atoms with van der Waals surface area (Å²) >= 11 is 0. The molecule has 0 spiro atoms. The molecule has 9 heteroatoms. The number of nitrogens with zero attached hydrogens (tertiary/aromatic N) is 4. The van der Waals surface area contributed by atoms with Gasteiger partial charge in [0.15, 0.2) is 5.82 Å². The van der Waals surface area contributed by atoms with Crippen molar-refractivity contribution in [2.24, 2.45) is 0 Å². The number of amides is 1. The lowest BCUT2D eigenvalue weighted by atomic mass is 10.1. The molecule has 1 heterocycles.